The minimum Gasteiger partial charge on any atom is -0.488 e. The van der Waals surface area contributed by atoms with Gasteiger partial charge in [0.05, 0.1) is 5.56 Å². The smallest absolute Gasteiger partial charge is 0.135 e. The molecule has 21 heavy (non-hydrogen) atoms. The number of hydrogen-bond acceptors (Lipinski definition) is 2. The Labute approximate surface area is 127 Å². The SMILES string of the molecule is C#Cc1ccccc1OC(C)CN(C)C.c1cc2cc-2c1. The van der Waals surface area contributed by atoms with Crippen LogP contribution in [0.1, 0.15) is 12.5 Å². The van der Waals surface area contributed by atoms with Crippen molar-refractivity contribution in [3.8, 4) is 29.2 Å². The molecule has 1 atom stereocenters. The van der Waals surface area contributed by atoms with Crippen molar-refractivity contribution in [2.24, 2.45) is 0 Å². The van der Waals surface area contributed by atoms with E-state index in [4.69, 9.17) is 11.2 Å². The van der Waals surface area contributed by atoms with Crippen LogP contribution in [0, 0.1) is 12.3 Å². The summed E-state index contributed by atoms with van der Waals surface area (Å²) < 4.78 is 5.76. The van der Waals surface area contributed by atoms with Crippen LogP contribution in [0.5, 0.6) is 5.75 Å². The zero-order valence-electron chi connectivity index (χ0n) is 12.8. The lowest BCUT2D eigenvalue weighted by molar-refractivity contribution is 0.176. The summed E-state index contributed by atoms with van der Waals surface area (Å²) in [6, 6.07) is 16.1. The molecule has 0 heterocycles. The summed E-state index contributed by atoms with van der Waals surface area (Å²) in [7, 11) is 4.04. The van der Waals surface area contributed by atoms with Crippen molar-refractivity contribution in [3.05, 3.63) is 54.1 Å². The molecular weight excluding hydrogens is 258 g/mol. The summed E-state index contributed by atoms with van der Waals surface area (Å²) >= 11 is 0. The first-order valence-electron chi connectivity index (χ1n) is 7.07. The first-order valence-corrected chi connectivity index (χ1v) is 7.07. The van der Waals surface area contributed by atoms with Gasteiger partial charge in [0.25, 0.3) is 0 Å². The summed E-state index contributed by atoms with van der Waals surface area (Å²) in [5, 5.41) is 0. The Kier molecular flexibility index (Phi) is 5.03. The maximum absolute atomic E-state index is 5.76. The lowest BCUT2D eigenvalue weighted by Gasteiger charge is -2.19. The van der Waals surface area contributed by atoms with Crippen LogP contribution in [0.2, 0.25) is 0 Å². The van der Waals surface area contributed by atoms with Crippen LogP contribution >= 0.6 is 0 Å². The molecule has 0 saturated heterocycles. The number of nitrogens with zero attached hydrogens (tertiary/aromatic N) is 1. The molecule has 1 aromatic rings. The molecule has 0 fully saturated rings. The average Bonchev–Trinajstić information content (AvgIpc) is 3.05. The highest BCUT2D eigenvalue weighted by atomic mass is 16.5. The van der Waals surface area contributed by atoms with E-state index in [1.54, 1.807) is 0 Å². The Bertz CT molecular complexity index is 623. The van der Waals surface area contributed by atoms with E-state index >= 15 is 0 Å². The van der Waals surface area contributed by atoms with Crippen LogP contribution in [-0.4, -0.2) is 31.6 Å². The van der Waals surface area contributed by atoms with Gasteiger partial charge in [-0.3, -0.25) is 0 Å². The number of likely N-dealkylation sites (N-methyl/N-ethyl adjacent to an activating group) is 1. The van der Waals surface area contributed by atoms with Crippen LogP contribution in [0.15, 0.2) is 48.5 Å². The number of para-hydroxylation sites is 1. The van der Waals surface area contributed by atoms with Gasteiger partial charge in [0, 0.05) is 6.54 Å². The van der Waals surface area contributed by atoms with Gasteiger partial charge in [0.1, 0.15) is 11.9 Å². The van der Waals surface area contributed by atoms with E-state index in [0.29, 0.717) is 0 Å². The summed E-state index contributed by atoms with van der Waals surface area (Å²) in [6.45, 7) is 2.91. The van der Waals surface area contributed by atoms with Crippen molar-refractivity contribution in [3.63, 3.8) is 0 Å². The molecule has 0 N–H and O–H groups in total. The second kappa shape index (κ2) is 6.97. The minimum atomic E-state index is 0.134. The van der Waals surface area contributed by atoms with Gasteiger partial charge in [-0.1, -0.05) is 36.3 Å². The van der Waals surface area contributed by atoms with Crippen LogP contribution in [-0.2, 0) is 0 Å². The van der Waals surface area contributed by atoms with Gasteiger partial charge in [-0.25, -0.2) is 0 Å². The van der Waals surface area contributed by atoms with Gasteiger partial charge in [-0.2, -0.15) is 0 Å². The second-order valence-electron chi connectivity index (χ2n) is 5.41. The Hall–Kier alpha value is -2.24. The maximum Gasteiger partial charge on any atom is 0.135 e. The molecule has 0 spiro atoms. The Morgan fingerprint density at radius 2 is 1.76 bits per heavy atom. The predicted octanol–water partition coefficient (Wildman–Crippen LogP) is 3.66. The molecule has 0 aliphatic heterocycles. The Balaban J connectivity index is 0.000000218. The number of rotatable bonds is 4. The van der Waals surface area contributed by atoms with Gasteiger partial charge in [-0.15, -0.1) is 6.42 Å². The van der Waals surface area contributed by atoms with Crippen LogP contribution < -0.4 is 4.74 Å². The first-order chi connectivity index (χ1) is 10.1. The second-order valence-corrected chi connectivity index (χ2v) is 5.41. The van der Waals surface area contributed by atoms with E-state index in [1.807, 2.05) is 45.3 Å². The molecule has 3 rings (SSSR count). The first kappa shape index (κ1) is 15.2. The number of benzene rings is 2. The third-order valence-corrected chi connectivity index (χ3v) is 3.11. The summed E-state index contributed by atoms with van der Waals surface area (Å²) in [5.41, 5.74) is 3.66. The standard InChI is InChI=1S/C13H17NO.C6H4/c1-5-12-8-6-7-9-13(12)15-11(2)10-14(3)4;1-2-5-4-6(5)3-1/h1,6-9,11H,10H2,2-4H3;1-4H. The summed E-state index contributed by atoms with van der Waals surface area (Å²) in [5.74, 6) is 3.40. The quantitative estimate of drug-likeness (QED) is 0.676. The fraction of sp³-hybridized carbons (Fsp3) is 0.263. The zero-order valence-corrected chi connectivity index (χ0v) is 12.8. The van der Waals surface area contributed by atoms with Crippen LogP contribution in [0.4, 0.5) is 0 Å². The number of ether oxygens (including phenoxy) is 1. The highest BCUT2D eigenvalue weighted by Gasteiger charge is 2.07. The van der Waals surface area contributed by atoms with Gasteiger partial charge < -0.3 is 9.64 Å². The van der Waals surface area contributed by atoms with Crippen molar-refractivity contribution in [2.45, 2.75) is 13.0 Å². The van der Waals surface area contributed by atoms with Crippen molar-refractivity contribution in [1.82, 2.24) is 4.90 Å². The van der Waals surface area contributed by atoms with E-state index in [0.717, 1.165) is 17.9 Å². The predicted molar refractivity (Wildman–Crippen MR) is 88.5 cm³/mol. The Morgan fingerprint density at radius 3 is 2.24 bits per heavy atom. The monoisotopic (exact) mass is 279 g/mol. The molecule has 2 aliphatic rings. The largest absolute Gasteiger partial charge is 0.488 e. The molecule has 1 aromatic carbocycles. The molecule has 2 aliphatic carbocycles. The third-order valence-electron chi connectivity index (χ3n) is 3.11. The number of hydrogen-bond donors (Lipinski definition) is 0. The highest BCUT2D eigenvalue weighted by Crippen LogP contribution is 2.32. The third kappa shape index (κ3) is 4.66. The van der Waals surface area contributed by atoms with Crippen molar-refractivity contribution >= 4 is 0 Å². The van der Waals surface area contributed by atoms with E-state index < -0.39 is 0 Å². The zero-order chi connectivity index (χ0) is 15.2. The molecule has 1 unspecified atom stereocenters. The van der Waals surface area contributed by atoms with Gasteiger partial charge in [0.2, 0.25) is 0 Å². The van der Waals surface area contributed by atoms with E-state index in [1.165, 1.54) is 11.1 Å². The molecule has 0 amide bonds. The molecular formula is C19H21NO. The van der Waals surface area contributed by atoms with Gasteiger partial charge in [-0.05, 0) is 50.3 Å². The molecule has 0 bridgehead atoms. The van der Waals surface area contributed by atoms with Crippen LogP contribution in [0.25, 0.3) is 11.1 Å². The van der Waals surface area contributed by atoms with Crippen LogP contribution in [0.3, 0.4) is 0 Å². The minimum absolute atomic E-state index is 0.134. The summed E-state index contributed by atoms with van der Waals surface area (Å²) in [6.07, 6.45) is 5.52. The molecule has 2 heteroatoms. The van der Waals surface area contributed by atoms with Gasteiger partial charge >= 0.3 is 0 Å². The van der Waals surface area contributed by atoms with Crippen molar-refractivity contribution in [1.29, 1.82) is 0 Å². The fourth-order valence-corrected chi connectivity index (χ4v) is 2.13. The Morgan fingerprint density at radius 1 is 1.10 bits per heavy atom. The van der Waals surface area contributed by atoms with E-state index in [-0.39, 0.29) is 6.10 Å². The average molecular weight is 279 g/mol. The number of terminal acetylenes is 1. The molecule has 0 aromatic heterocycles. The van der Waals surface area contributed by atoms with Crippen molar-refractivity contribution < 1.29 is 4.74 Å². The topological polar surface area (TPSA) is 12.5 Å². The van der Waals surface area contributed by atoms with E-state index in [9.17, 15) is 0 Å². The van der Waals surface area contributed by atoms with Gasteiger partial charge in [0.15, 0.2) is 0 Å². The number of fused-ring (bicyclic) bond motifs is 1. The lowest BCUT2D eigenvalue weighted by atomic mass is 10.2. The molecule has 0 saturated carbocycles. The molecule has 108 valence electrons. The summed E-state index contributed by atoms with van der Waals surface area (Å²) in [4.78, 5) is 2.09. The fourth-order valence-electron chi connectivity index (χ4n) is 2.13. The van der Waals surface area contributed by atoms with E-state index in [2.05, 4.69) is 35.1 Å². The molecule has 0 radical (unpaired) electrons. The molecule has 2 nitrogen and oxygen atoms in total. The van der Waals surface area contributed by atoms with Crippen molar-refractivity contribution in [2.75, 3.05) is 20.6 Å². The lowest BCUT2D eigenvalue weighted by Crippen LogP contribution is -2.28. The maximum atomic E-state index is 5.76. The normalized spacial score (nSPS) is 12.0. The highest BCUT2D eigenvalue weighted by molar-refractivity contribution is 5.80.